The van der Waals surface area contributed by atoms with Crippen molar-refractivity contribution in [3.63, 3.8) is 0 Å². The van der Waals surface area contributed by atoms with Crippen LogP contribution in [0.25, 0.3) is 11.3 Å². The molecule has 0 aliphatic rings. The first-order valence-corrected chi connectivity index (χ1v) is 7.53. The lowest BCUT2D eigenvalue weighted by molar-refractivity contribution is 0.541. The van der Waals surface area contributed by atoms with Gasteiger partial charge in [0.15, 0.2) is 0 Å². The molecule has 3 rings (SSSR count). The molecule has 0 aliphatic carbocycles. The van der Waals surface area contributed by atoms with Gasteiger partial charge < -0.3 is 0 Å². The van der Waals surface area contributed by atoms with Crippen LogP contribution in [0.4, 0.5) is 19.1 Å². The number of hydrogen-bond donors (Lipinski definition) is 2. The van der Waals surface area contributed by atoms with Gasteiger partial charge in [0, 0.05) is 17.7 Å². The third kappa shape index (κ3) is 3.85. The normalized spacial score (nSPS) is 10.7. The minimum Gasteiger partial charge on any atom is -0.290 e. The number of aromatic amines is 1. The predicted octanol–water partition coefficient (Wildman–Crippen LogP) is 3.17. The van der Waals surface area contributed by atoms with Crippen LogP contribution in [-0.2, 0) is 0 Å². The second kappa shape index (κ2) is 7.53. The van der Waals surface area contributed by atoms with Gasteiger partial charge in [-0.1, -0.05) is 30.3 Å². The Labute approximate surface area is 150 Å². The number of rotatable bonds is 4. The molecule has 1 heterocycles. The average molecular weight is 369 g/mol. The van der Waals surface area contributed by atoms with E-state index in [1.165, 1.54) is 0 Å². The molecule has 0 saturated carbocycles. The average Bonchev–Trinajstić information content (AvgIpc) is 2.64. The standard InChI is InChI=1S/C18H10F3N5O/c19-11-6-14(20)13(15(21)7-11)9-23-26-18-24-16(10-4-2-1-3-5-10)12(8-22)17(27)25-18/h1-7,9H,(H2,24,25,26,27). The zero-order valence-corrected chi connectivity index (χ0v) is 13.5. The van der Waals surface area contributed by atoms with Crippen molar-refractivity contribution < 1.29 is 13.2 Å². The Kier molecular flexibility index (Phi) is 4.99. The van der Waals surface area contributed by atoms with Crippen LogP contribution < -0.4 is 11.0 Å². The number of aromatic nitrogens is 2. The number of nitrogens with zero attached hydrogens (tertiary/aromatic N) is 3. The number of nitriles is 1. The fraction of sp³-hybridized carbons (Fsp3) is 0. The Morgan fingerprint density at radius 1 is 1.15 bits per heavy atom. The second-order valence-electron chi connectivity index (χ2n) is 5.27. The Bertz CT molecular complexity index is 1100. The molecule has 134 valence electrons. The molecule has 27 heavy (non-hydrogen) atoms. The van der Waals surface area contributed by atoms with Crippen LogP contribution in [0.1, 0.15) is 11.1 Å². The molecule has 0 spiro atoms. The molecule has 2 N–H and O–H groups in total. The largest absolute Gasteiger partial charge is 0.290 e. The second-order valence-corrected chi connectivity index (χ2v) is 5.27. The number of nitrogens with one attached hydrogen (secondary N) is 2. The molecule has 2 aromatic carbocycles. The van der Waals surface area contributed by atoms with Crippen molar-refractivity contribution in [2.45, 2.75) is 0 Å². The first kappa shape index (κ1) is 17.9. The van der Waals surface area contributed by atoms with E-state index in [-0.39, 0.29) is 17.2 Å². The van der Waals surface area contributed by atoms with Gasteiger partial charge in [-0.05, 0) is 0 Å². The fourth-order valence-corrected chi connectivity index (χ4v) is 2.27. The summed E-state index contributed by atoms with van der Waals surface area (Å²) in [5, 5.41) is 12.8. The maximum absolute atomic E-state index is 13.6. The summed E-state index contributed by atoms with van der Waals surface area (Å²) in [6.07, 6.45) is 0.782. The van der Waals surface area contributed by atoms with Gasteiger partial charge in [0.05, 0.1) is 17.5 Å². The van der Waals surface area contributed by atoms with Crippen LogP contribution in [0.15, 0.2) is 52.4 Å². The lowest BCUT2D eigenvalue weighted by Gasteiger charge is -2.06. The Morgan fingerprint density at radius 3 is 2.44 bits per heavy atom. The quantitative estimate of drug-likeness (QED) is 0.546. The van der Waals surface area contributed by atoms with Gasteiger partial charge in [-0.2, -0.15) is 10.4 Å². The van der Waals surface area contributed by atoms with Crippen LogP contribution in [0.3, 0.4) is 0 Å². The highest BCUT2D eigenvalue weighted by molar-refractivity contribution is 5.80. The molecule has 0 fully saturated rings. The highest BCUT2D eigenvalue weighted by atomic mass is 19.1. The van der Waals surface area contributed by atoms with Gasteiger partial charge >= 0.3 is 0 Å². The molecule has 3 aromatic rings. The van der Waals surface area contributed by atoms with Crippen molar-refractivity contribution in [3.05, 3.63) is 81.4 Å². The van der Waals surface area contributed by atoms with E-state index in [4.69, 9.17) is 0 Å². The summed E-state index contributed by atoms with van der Waals surface area (Å²) in [4.78, 5) is 18.5. The van der Waals surface area contributed by atoms with Crippen molar-refractivity contribution in [2.75, 3.05) is 5.43 Å². The van der Waals surface area contributed by atoms with E-state index in [1.807, 2.05) is 0 Å². The number of anilines is 1. The first-order valence-electron chi connectivity index (χ1n) is 7.53. The topological polar surface area (TPSA) is 93.9 Å². The summed E-state index contributed by atoms with van der Waals surface area (Å²) >= 11 is 0. The SMILES string of the molecule is N#Cc1c(-c2ccccc2)nc(NN=Cc2c(F)cc(F)cc2F)[nH]c1=O. The minimum absolute atomic E-state index is 0.124. The summed E-state index contributed by atoms with van der Waals surface area (Å²) in [5.41, 5.74) is 1.52. The lowest BCUT2D eigenvalue weighted by atomic mass is 10.1. The van der Waals surface area contributed by atoms with E-state index >= 15 is 0 Å². The number of hydrazone groups is 1. The highest BCUT2D eigenvalue weighted by Gasteiger charge is 2.13. The third-order valence-electron chi connectivity index (χ3n) is 3.49. The monoisotopic (exact) mass is 369 g/mol. The lowest BCUT2D eigenvalue weighted by Crippen LogP contribution is -2.16. The van der Waals surface area contributed by atoms with Crippen LogP contribution in [0, 0.1) is 28.8 Å². The molecule has 0 saturated heterocycles. The Hall–Kier alpha value is -3.93. The smallest absolute Gasteiger partial charge is 0.270 e. The molecule has 0 bridgehead atoms. The predicted molar refractivity (Wildman–Crippen MR) is 92.5 cm³/mol. The van der Waals surface area contributed by atoms with Gasteiger partial charge in [-0.3, -0.25) is 9.78 Å². The number of halogens is 3. The molecular formula is C18H10F3N5O. The zero-order chi connectivity index (χ0) is 19.4. The number of H-pyrrole nitrogens is 1. The van der Waals surface area contributed by atoms with Crippen LogP contribution in [0.2, 0.25) is 0 Å². The molecule has 0 amide bonds. The van der Waals surface area contributed by atoms with Crippen molar-refractivity contribution in [1.82, 2.24) is 9.97 Å². The maximum atomic E-state index is 13.6. The van der Waals surface area contributed by atoms with Crippen LogP contribution in [-0.4, -0.2) is 16.2 Å². The van der Waals surface area contributed by atoms with Crippen molar-refractivity contribution in [1.29, 1.82) is 5.26 Å². The van der Waals surface area contributed by atoms with Gasteiger partial charge in [0.2, 0.25) is 5.95 Å². The van der Waals surface area contributed by atoms with E-state index in [2.05, 4.69) is 20.5 Å². The van der Waals surface area contributed by atoms with Crippen LogP contribution >= 0.6 is 0 Å². The van der Waals surface area contributed by atoms with Crippen LogP contribution in [0.5, 0.6) is 0 Å². The molecule has 1 aromatic heterocycles. The molecule has 9 heteroatoms. The van der Waals surface area contributed by atoms with Gasteiger partial charge in [0.1, 0.15) is 29.1 Å². The minimum atomic E-state index is -1.13. The molecule has 6 nitrogen and oxygen atoms in total. The summed E-state index contributed by atoms with van der Waals surface area (Å²) in [7, 11) is 0. The number of benzene rings is 2. The summed E-state index contributed by atoms with van der Waals surface area (Å²) < 4.78 is 40.1. The van der Waals surface area contributed by atoms with Crippen molar-refractivity contribution in [3.8, 4) is 17.3 Å². The maximum Gasteiger partial charge on any atom is 0.270 e. The Balaban J connectivity index is 1.94. The summed E-state index contributed by atoms with van der Waals surface area (Å²) in [6, 6.07) is 11.3. The van der Waals surface area contributed by atoms with Crippen molar-refractivity contribution in [2.24, 2.45) is 5.10 Å². The summed E-state index contributed by atoms with van der Waals surface area (Å²) in [5.74, 6) is -3.47. The van der Waals surface area contributed by atoms with E-state index < -0.39 is 28.6 Å². The molecule has 0 aliphatic heterocycles. The van der Waals surface area contributed by atoms with E-state index in [0.29, 0.717) is 17.7 Å². The van der Waals surface area contributed by atoms with E-state index in [0.717, 1.165) is 6.21 Å². The molecular weight excluding hydrogens is 359 g/mol. The highest BCUT2D eigenvalue weighted by Crippen LogP contribution is 2.19. The van der Waals surface area contributed by atoms with Crippen molar-refractivity contribution >= 4 is 12.2 Å². The Morgan fingerprint density at radius 2 is 1.81 bits per heavy atom. The summed E-state index contributed by atoms with van der Waals surface area (Å²) in [6.45, 7) is 0. The van der Waals surface area contributed by atoms with E-state index in [9.17, 15) is 23.2 Å². The van der Waals surface area contributed by atoms with Gasteiger partial charge in [0.25, 0.3) is 5.56 Å². The van der Waals surface area contributed by atoms with E-state index in [1.54, 1.807) is 36.4 Å². The number of hydrogen-bond acceptors (Lipinski definition) is 5. The zero-order valence-electron chi connectivity index (χ0n) is 13.5. The van der Waals surface area contributed by atoms with Gasteiger partial charge in [-0.15, -0.1) is 0 Å². The van der Waals surface area contributed by atoms with Gasteiger partial charge in [-0.25, -0.2) is 23.6 Å². The third-order valence-corrected chi connectivity index (χ3v) is 3.49. The molecule has 0 radical (unpaired) electrons. The first-order chi connectivity index (χ1) is 13.0. The fourth-order valence-electron chi connectivity index (χ4n) is 2.27. The molecule has 0 unspecified atom stereocenters. The molecule has 0 atom stereocenters.